The second-order valence-corrected chi connectivity index (χ2v) is 3.71. The first-order chi connectivity index (χ1) is 9.45. The molecule has 0 spiro atoms. The number of esters is 1. The number of hydrogen-bond donors (Lipinski definition) is 2. The van der Waals surface area contributed by atoms with Crippen LogP contribution in [0.15, 0.2) is 46.0 Å². The predicted molar refractivity (Wildman–Crippen MR) is 69.9 cm³/mol. The molecule has 0 saturated carbocycles. The second-order valence-electron chi connectivity index (χ2n) is 3.71. The minimum atomic E-state index is -1.05. The summed E-state index contributed by atoms with van der Waals surface area (Å²) in [6.45, 7) is 3.07. The third kappa shape index (κ3) is 4.20. The van der Waals surface area contributed by atoms with E-state index in [2.05, 4.69) is 10.2 Å². The van der Waals surface area contributed by atoms with Crippen molar-refractivity contribution in [2.45, 2.75) is 13.8 Å². The highest BCUT2D eigenvalue weighted by molar-refractivity contribution is 5.88. The molecule has 7 nitrogen and oxygen atoms in total. The molecule has 1 rings (SSSR count). The first-order valence-electron chi connectivity index (χ1n) is 5.77. The van der Waals surface area contributed by atoms with Crippen LogP contribution >= 0.6 is 0 Å². The van der Waals surface area contributed by atoms with Gasteiger partial charge in [-0.3, -0.25) is 0 Å². The number of benzene rings is 1. The van der Waals surface area contributed by atoms with Crippen LogP contribution in [0.2, 0.25) is 0 Å². The van der Waals surface area contributed by atoms with Crippen LogP contribution in [-0.4, -0.2) is 28.8 Å². The molecule has 0 aliphatic carbocycles. The van der Waals surface area contributed by atoms with Crippen molar-refractivity contribution < 1.29 is 24.5 Å². The lowest BCUT2D eigenvalue weighted by atomic mass is 10.2. The summed E-state index contributed by atoms with van der Waals surface area (Å²) in [6.07, 6.45) is 0. The van der Waals surface area contributed by atoms with Gasteiger partial charge >= 0.3 is 11.9 Å². The number of carboxylic acid groups (broad SMARTS) is 1. The van der Waals surface area contributed by atoms with E-state index in [0.717, 1.165) is 0 Å². The van der Waals surface area contributed by atoms with Gasteiger partial charge in [-0.25, -0.2) is 9.59 Å². The van der Waals surface area contributed by atoms with E-state index >= 15 is 0 Å². The first kappa shape index (κ1) is 15.4. The van der Waals surface area contributed by atoms with Gasteiger partial charge in [0.1, 0.15) is 5.76 Å². The fourth-order valence-corrected chi connectivity index (χ4v) is 1.24. The van der Waals surface area contributed by atoms with E-state index in [0.29, 0.717) is 5.69 Å². The van der Waals surface area contributed by atoms with Crippen LogP contribution < -0.4 is 0 Å². The molecule has 1 aromatic rings. The maximum Gasteiger partial charge on any atom is 0.362 e. The zero-order valence-electron chi connectivity index (χ0n) is 11.0. The van der Waals surface area contributed by atoms with Crippen LogP contribution in [-0.2, 0) is 9.53 Å². The lowest BCUT2D eigenvalue weighted by Crippen LogP contribution is -2.07. The zero-order valence-corrected chi connectivity index (χ0v) is 11.0. The molecular weight excluding hydrogens is 264 g/mol. The van der Waals surface area contributed by atoms with E-state index in [4.69, 9.17) is 9.84 Å². The van der Waals surface area contributed by atoms with E-state index in [1.54, 1.807) is 6.92 Å². The first-order valence-corrected chi connectivity index (χ1v) is 5.77. The van der Waals surface area contributed by atoms with Crippen molar-refractivity contribution in [1.82, 2.24) is 0 Å². The Morgan fingerprint density at radius 3 is 2.25 bits per heavy atom. The van der Waals surface area contributed by atoms with Gasteiger partial charge in [-0.15, -0.1) is 5.11 Å². The van der Waals surface area contributed by atoms with Gasteiger partial charge in [-0.2, -0.15) is 5.11 Å². The third-order valence-corrected chi connectivity index (χ3v) is 2.19. The normalized spacial score (nSPS) is 12.1. The molecule has 0 heterocycles. The molecule has 2 N–H and O–H groups in total. The van der Waals surface area contributed by atoms with Crippen molar-refractivity contribution >= 4 is 17.6 Å². The van der Waals surface area contributed by atoms with Gasteiger partial charge in [0.25, 0.3) is 0 Å². The molecule has 0 fully saturated rings. The third-order valence-electron chi connectivity index (χ3n) is 2.19. The number of ether oxygens (including phenoxy) is 1. The minimum Gasteiger partial charge on any atom is -0.510 e. The molecule has 0 saturated heterocycles. The molecule has 0 aromatic heterocycles. The van der Waals surface area contributed by atoms with Crippen LogP contribution in [0.5, 0.6) is 0 Å². The van der Waals surface area contributed by atoms with E-state index < -0.39 is 11.9 Å². The Hall–Kier alpha value is -2.70. The number of carbonyl (C=O) groups is 2. The molecule has 7 heteroatoms. The maximum atomic E-state index is 11.5. The average Bonchev–Trinajstić information content (AvgIpc) is 2.39. The number of rotatable bonds is 5. The van der Waals surface area contributed by atoms with Gasteiger partial charge in [0.15, 0.2) is 0 Å². The summed E-state index contributed by atoms with van der Waals surface area (Å²) >= 11 is 0. The van der Waals surface area contributed by atoms with E-state index in [-0.39, 0.29) is 23.6 Å². The van der Waals surface area contributed by atoms with Gasteiger partial charge in [-0.1, -0.05) is 0 Å². The lowest BCUT2D eigenvalue weighted by molar-refractivity contribution is -0.138. The molecule has 0 aliphatic rings. The van der Waals surface area contributed by atoms with Gasteiger partial charge in [0, 0.05) is 0 Å². The highest BCUT2D eigenvalue weighted by Crippen LogP contribution is 2.16. The van der Waals surface area contributed by atoms with Gasteiger partial charge in [0.2, 0.25) is 5.70 Å². The van der Waals surface area contributed by atoms with Crippen molar-refractivity contribution in [3.05, 3.63) is 41.3 Å². The van der Waals surface area contributed by atoms with Crippen molar-refractivity contribution in [2.24, 2.45) is 10.2 Å². The van der Waals surface area contributed by atoms with Crippen LogP contribution in [0.4, 0.5) is 5.69 Å². The Kier molecular flexibility index (Phi) is 5.40. The Labute approximate surface area is 115 Å². The molecule has 0 radical (unpaired) electrons. The quantitative estimate of drug-likeness (QED) is 0.372. The van der Waals surface area contributed by atoms with Crippen LogP contribution in [0.3, 0.4) is 0 Å². The number of aromatic carboxylic acids is 1. The molecule has 0 bridgehead atoms. The van der Waals surface area contributed by atoms with E-state index in [1.165, 1.54) is 31.2 Å². The zero-order chi connectivity index (χ0) is 15.1. The lowest BCUT2D eigenvalue weighted by Gasteiger charge is -2.02. The second kappa shape index (κ2) is 7.03. The number of allylic oxidation sites excluding steroid dienone is 1. The molecule has 0 atom stereocenters. The van der Waals surface area contributed by atoms with Crippen LogP contribution in [0.1, 0.15) is 24.2 Å². The van der Waals surface area contributed by atoms with Crippen molar-refractivity contribution in [1.29, 1.82) is 0 Å². The largest absolute Gasteiger partial charge is 0.510 e. The summed E-state index contributed by atoms with van der Waals surface area (Å²) in [5.74, 6) is -2.14. The van der Waals surface area contributed by atoms with E-state index in [9.17, 15) is 14.7 Å². The number of carbonyl (C=O) groups excluding carboxylic acids is 1. The highest BCUT2D eigenvalue weighted by Gasteiger charge is 2.13. The Bertz CT molecular complexity index is 557. The predicted octanol–water partition coefficient (Wildman–Crippen LogP) is 2.82. The van der Waals surface area contributed by atoms with Crippen molar-refractivity contribution in [3.63, 3.8) is 0 Å². The number of hydrogen-bond acceptors (Lipinski definition) is 6. The Balaban J connectivity index is 2.92. The summed E-state index contributed by atoms with van der Waals surface area (Å²) < 4.78 is 4.72. The number of nitrogens with zero attached hydrogens (tertiary/aromatic N) is 2. The number of azo groups is 1. The molecule has 0 aliphatic heterocycles. The maximum absolute atomic E-state index is 11.5. The standard InChI is InChI=1S/C13H14N2O5/c1-3-20-13(19)11(8(2)16)15-14-10-6-4-9(5-7-10)12(17)18/h4-7,16H,3H2,1-2H3,(H,17,18). The fraction of sp³-hybridized carbons (Fsp3) is 0.231. The van der Waals surface area contributed by atoms with Gasteiger partial charge < -0.3 is 14.9 Å². The summed E-state index contributed by atoms with van der Waals surface area (Å²) in [4.78, 5) is 22.2. The number of aliphatic hydroxyl groups excluding tert-OH is 1. The topological polar surface area (TPSA) is 109 Å². The summed E-state index contributed by atoms with van der Waals surface area (Å²) in [5.41, 5.74) is 0.163. The minimum absolute atomic E-state index is 0.114. The molecular formula is C13H14N2O5. The molecule has 0 unspecified atom stereocenters. The monoisotopic (exact) mass is 278 g/mol. The summed E-state index contributed by atoms with van der Waals surface area (Å²) in [5, 5.41) is 25.5. The highest BCUT2D eigenvalue weighted by atomic mass is 16.5. The Morgan fingerprint density at radius 1 is 1.20 bits per heavy atom. The number of aliphatic hydroxyl groups is 1. The van der Waals surface area contributed by atoms with Gasteiger partial charge in [-0.05, 0) is 38.1 Å². The average molecular weight is 278 g/mol. The molecule has 0 amide bonds. The molecule has 106 valence electrons. The van der Waals surface area contributed by atoms with E-state index in [1.807, 2.05) is 0 Å². The molecule has 20 heavy (non-hydrogen) atoms. The van der Waals surface area contributed by atoms with Crippen molar-refractivity contribution in [3.8, 4) is 0 Å². The summed E-state index contributed by atoms with van der Waals surface area (Å²) in [7, 11) is 0. The number of carboxylic acids is 1. The Morgan fingerprint density at radius 2 is 1.80 bits per heavy atom. The summed E-state index contributed by atoms with van der Waals surface area (Å²) in [6, 6.07) is 5.58. The fourth-order valence-electron chi connectivity index (χ4n) is 1.24. The molecule has 1 aromatic carbocycles. The van der Waals surface area contributed by atoms with Crippen molar-refractivity contribution in [2.75, 3.05) is 6.61 Å². The van der Waals surface area contributed by atoms with Crippen LogP contribution in [0.25, 0.3) is 0 Å². The van der Waals surface area contributed by atoms with Crippen LogP contribution in [0, 0.1) is 0 Å². The SMILES string of the molecule is CCOC(=O)C(N=Nc1ccc(C(=O)O)cc1)=C(C)O. The van der Waals surface area contributed by atoms with Gasteiger partial charge in [0.05, 0.1) is 17.9 Å². The smallest absolute Gasteiger partial charge is 0.362 e.